The van der Waals surface area contributed by atoms with Crippen LogP contribution in [-0.2, 0) is 0 Å². The quantitative estimate of drug-likeness (QED) is 0.649. The van der Waals surface area contributed by atoms with E-state index in [4.69, 9.17) is 0 Å². The summed E-state index contributed by atoms with van der Waals surface area (Å²) >= 11 is 0. The van der Waals surface area contributed by atoms with Crippen molar-refractivity contribution in [1.82, 2.24) is 29.5 Å². The van der Waals surface area contributed by atoms with Crippen molar-refractivity contribution in [3.8, 4) is 17.2 Å². The van der Waals surface area contributed by atoms with Gasteiger partial charge in [0.05, 0.1) is 23.1 Å². The predicted octanol–water partition coefficient (Wildman–Crippen LogP) is 2.94. The number of carbonyl (C=O) groups is 1. The Kier molecular flexibility index (Phi) is 5.85. The van der Waals surface area contributed by atoms with Crippen LogP contribution in [0, 0.1) is 12.7 Å². The highest BCUT2D eigenvalue weighted by Gasteiger charge is 2.25. The molecule has 0 saturated carbocycles. The van der Waals surface area contributed by atoms with Gasteiger partial charge >= 0.3 is 0 Å². The molecule has 0 radical (unpaired) electrons. The van der Waals surface area contributed by atoms with Gasteiger partial charge in [0.15, 0.2) is 0 Å². The second kappa shape index (κ2) is 8.71. The number of nitrogens with zero attached hydrogens (tertiary/aromatic N) is 6. The van der Waals surface area contributed by atoms with Crippen LogP contribution >= 0.6 is 0 Å². The SMILES string of the molecule is CCCN1CCN(C(=O)c2cnn(-c3nccc(-c4ccccc4F)n3)c2C)CC1. The number of piperazine rings is 1. The summed E-state index contributed by atoms with van der Waals surface area (Å²) in [5.74, 6) is -0.0716. The highest BCUT2D eigenvalue weighted by atomic mass is 19.1. The molecule has 8 heteroatoms. The van der Waals surface area contributed by atoms with Gasteiger partial charge in [-0.1, -0.05) is 19.1 Å². The van der Waals surface area contributed by atoms with Crippen molar-refractivity contribution in [1.29, 1.82) is 0 Å². The molecule has 1 saturated heterocycles. The van der Waals surface area contributed by atoms with Crippen molar-refractivity contribution in [2.24, 2.45) is 0 Å². The van der Waals surface area contributed by atoms with E-state index in [-0.39, 0.29) is 11.7 Å². The van der Waals surface area contributed by atoms with Crippen molar-refractivity contribution in [3.63, 3.8) is 0 Å². The van der Waals surface area contributed by atoms with E-state index in [0.29, 0.717) is 41.6 Å². The Hall–Kier alpha value is -3.13. The van der Waals surface area contributed by atoms with Crippen molar-refractivity contribution in [2.75, 3.05) is 32.7 Å². The maximum Gasteiger partial charge on any atom is 0.257 e. The van der Waals surface area contributed by atoms with Gasteiger partial charge in [0.1, 0.15) is 5.82 Å². The van der Waals surface area contributed by atoms with Crippen LogP contribution in [0.2, 0.25) is 0 Å². The molecular weight excluding hydrogens is 383 g/mol. The van der Waals surface area contributed by atoms with Crippen LogP contribution in [0.25, 0.3) is 17.2 Å². The molecule has 1 aliphatic heterocycles. The Morgan fingerprint density at radius 2 is 1.90 bits per heavy atom. The minimum absolute atomic E-state index is 0.0276. The molecule has 0 spiro atoms. The number of hydrogen-bond acceptors (Lipinski definition) is 5. The first-order valence-corrected chi connectivity index (χ1v) is 10.2. The molecule has 1 fully saturated rings. The van der Waals surface area contributed by atoms with Crippen molar-refractivity contribution in [2.45, 2.75) is 20.3 Å². The van der Waals surface area contributed by atoms with Crippen LogP contribution in [0.5, 0.6) is 0 Å². The fourth-order valence-corrected chi connectivity index (χ4v) is 3.75. The van der Waals surface area contributed by atoms with E-state index in [2.05, 4.69) is 26.9 Å². The summed E-state index contributed by atoms with van der Waals surface area (Å²) in [6.07, 6.45) is 4.25. The van der Waals surface area contributed by atoms with Gasteiger partial charge in [0.2, 0.25) is 0 Å². The van der Waals surface area contributed by atoms with E-state index in [9.17, 15) is 9.18 Å². The van der Waals surface area contributed by atoms with Gasteiger partial charge in [-0.25, -0.2) is 19.0 Å². The maximum absolute atomic E-state index is 14.1. The summed E-state index contributed by atoms with van der Waals surface area (Å²) in [4.78, 5) is 26.0. The molecule has 30 heavy (non-hydrogen) atoms. The number of amides is 1. The van der Waals surface area contributed by atoms with Crippen molar-refractivity contribution >= 4 is 5.91 Å². The van der Waals surface area contributed by atoms with Crippen LogP contribution < -0.4 is 0 Å². The predicted molar refractivity (Wildman–Crippen MR) is 112 cm³/mol. The number of aromatic nitrogens is 4. The highest BCUT2D eigenvalue weighted by molar-refractivity contribution is 5.95. The number of hydrogen-bond donors (Lipinski definition) is 0. The summed E-state index contributed by atoms with van der Waals surface area (Å²) in [7, 11) is 0. The fraction of sp³-hybridized carbons (Fsp3) is 0.364. The molecule has 1 amide bonds. The molecule has 0 unspecified atom stereocenters. The number of halogens is 1. The second-order valence-electron chi connectivity index (χ2n) is 7.41. The van der Waals surface area contributed by atoms with E-state index in [0.717, 1.165) is 26.1 Å². The molecular formula is C22H25FN6O. The lowest BCUT2D eigenvalue weighted by atomic mass is 10.1. The van der Waals surface area contributed by atoms with Crippen molar-refractivity contribution in [3.05, 3.63) is 59.8 Å². The van der Waals surface area contributed by atoms with Crippen LogP contribution in [0.1, 0.15) is 29.4 Å². The van der Waals surface area contributed by atoms with Crippen LogP contribution in [0.15, 0.2) is 42.7 Å². The van der Waals surface area contributed by atoms with E-state index >= 15 is 0 Å². The lowest BCUT2D eigenvalue weighted by molar-refractivity contribution is 0.0636. The van der Waals surface area contributed by atoms with Gasteiger partial charge in [-0.15, -0.1) is 0 Å². The molecule has 0 aliphatic carbocycles. The molecule has 7 nitrogen and oxygen atoms in total. The average Bonchev–Trinajstić information content (AvgIpc) is 3.16. The average molecular weight is 408 g/mol. The molecule has 2 aromatic heterocycles. The molecule has 1 aliphatic rings. The maximum atomic E-state index is 14.1. The van der Waals surface area contributed by atoms with Gasteiger partial charge in [-0.3, -0.25) is 9.69 Å². The van der Waals surface area contributed by atoms with Crippen LogP contribution in [-0.4, -0.2) is 68.2 Å². The van der Waals surface area contributed by atoms with Crippen molar-refractivity contribution < 1.29 is 9.18 Å². The van der Waals surface area contributed by atoms with E-state index in [1.807, 2.05) is 11.8 Å². The topological polar surface area (TPSA) is 67.2 Å². The normalized spacial score (nSPS) is 14.8. The van der Waals surface area contributed by atoms with Gasteiger partial charge in [-0.2, -0.15) is 5.10 Å². The molecule has 0 N–H and O–H groups in total. The molecule has 3 heterocycles. The number of rotatable bonds is 5. The van der Waals surface area contributed by atoms with Gasteiger partial charge in [0, 0.05) is 37.9 Å². The standard InChI is InChI=1S/C22H25FN6O/c1-3-10-27-11-13-28(14-12-27)21(30)18-15-25-29(16(18)2)22-24-9-8-20(26-22)17-6-4-5-7-19(17)23/h4-9,15H,3,10-14H2,1-2H3. The zero-order chi connectivity index (χ0) is 21.1. The Bertz CT molecular complexity index is 1040. The van der Waals surface area contributed by atoms with Crippen LogP contribution in [0.4, 0.5) is 4.39 Å². The largest absolute Gasteiger partial charge is 0.336 e. The summed E-state index contributed by atoms with van der Waals surface area (Å²) in [6, 6.07) is 8.12. The van der Waals surface area contributed by atoms with Gasteiger partial charge < -0.3 is 4.90 Å². The fourth-order valence-electron chi connectivity index (χ4n) is 3.75. The zero-order valence-electron chi connectivity index (χ0n) is 17.3. The molecule has 1 aromatic carbocycles. The number of benzene rings is 1. The summed E-state index contributed by atoms with van der Waals surface area (Å²) in [5, 5.41) is 4.34. The molecule has 4 rings (SSSR count). The highest BCUT2D eigenvalue weighted by Crippen LogP contribution is 2.21. The summed E-state index contributed by atoms with van der Waals surface area (Å²) in [5.41, 5.74) is 2.07. The third kappa shape index (κ3) is 3.95. The summed E-state index contributed by atoms with van der Waals surface area (Å²) < 4.78 is 15.7. The molecule has 0 bridgehead atoms. The third-order valence-corrected chi connectivity index (χ3v) is 5.42. The van der Waals surface area contributed by atoms with Crippen LogP contribution in [0.3, 0.4) is 0 Å². The van der Waals surface area contributed by atoms with E-state index in [1.54, 1.807) is 36.7 Å². The zero-order valence-corrected chi connectivity index (χ0v) is 17.3. The first-order valence-electron chi connectivity index (χ1n) is 10.2. The minimum atomic E-state index is -0.350. The number of carbonyl (C=O) groups excluding carboxylic acids is 1. The minimum Gasteiger partial charge on any atom is -0.336 e. The van der Waals surface area contributed by atoms with Gasteiger partial charge in [-0.05, 0) is 38.1 Å². The second-order valence-corrected chi connectivity index (χ2v) is 7.41. The monoisotopic (exact) mass is 408 g/mol. The lowest BCUT2D eigenvalue weighted by Crippen LogP contribution is -2.48. The lowest BCUT2D eigenvalue weighted by Gasteiger charge is -2.34. The van der Waals surface area contributed by atoms with Gasteiger partial charge in [0.25, 0.3) is 11.9 Å². The first-order chi connectivity index (χ1) is 14.6. The smallest absolute Gasteiger partial charge is 0.257 e. The summed E-state index contributed by atoms with van der Waals surface area (Å²) in [6.45, 7) is 8.26. The first kappa shape index (κ1) is 20.2. The molecule has 0 atom stereocenters. The third-order valence-electron chi connectivity index (χ3n) is 5.42. The molecule has 156 valence electrons. The molecule has 3 aromatic rings. The Labute approximate surface area is 175 Å². The Morgan fingerprint density at radius 3 is 2.63 bits per heavy atom. The Balaban J connectivity index is 1.56. The van der Waals surface area contributed by atoms with E-state index in [1.165, 1.54) is 10.7 Å². The Morgan fingerprint density at radius 1 is 1.13 bits per heavy atom. The van der Waals surface area contributed by atoms with E-state index < -0.39 is 0 Å².